The van der Waals surface area contributed by atoms with Crippen molar-refractivity contribution in [3.05, 3.63) is 59.7 Å². The summed E-state index contributed by atoms with van der Waals surface area (Å²) in [4.78, 5) is 25.8. The van der Waals surface area contributed by atoms with E-state index in [2.05, 4.69) is 5.32 Å². The first-order valence-corrected chi connectivity index (χ1v) is 9.86. The Morgan fingerprint density at radius 3 is 2.59 bits per heavy atom. The summed E-state index contributed by atoms with van der Waals surface area (Å²) in [5.74, 6) is 1.40. The van der Waals surface area contributed by atoms with Gasteiger partial charge in [0, 0.05) is 25.2 Å². The van der Waals surface area contributed by atoms with Gasteiger partial charge in [0.05, 0.1) is 6.04 Å². The van der Waals surface area contributed by atoms with Crippen LogP contribution >= 0.6 is 0 Å². The number of amides is 2. The Hall–Kier alpha value is -3.28. The van der Waals surface area contributed by atoms with E-state index < -0.39 is 0 Å². The molecule has 0 saturated carbocycles. The van der Waals surface area contributed by atoms with E-state index in [0.29, 0.717) is 13.2 Å². The van der Waals surface area contributed by atoms with Crippen molar-refractivity contribution in [3.8, 4) is 11.5 Å². The number of hydrogen-bond acceptors (Lipinski definition) is 4. The lowest BCUT2D eigenvalue weighted by molar-refractivity contribution is -0.126. The highest BCUT2D eigenvalue weighted by Crippen LogP contribution is 2.38. The molecule has 0 radical (unpaired) electrons. The maximum absolute atomic E-state index is 12.8. The number of rotatable bonds is 4. The van der Waals surface area contributed by atoms with Crippen LogP contribution in [-0.2, 0) is 9.59 Å². The minimum Gasteiger partial charge on any atom is -0.486 e. The van der Waals surface area contributed by atoms with E-state index in [1.807, 2.05) is 47.4 Å². The van der Waals surface area contributed by atoms with E-state index in [4.69, 9.17) is 9.47 Å². The van der Waals surface area contributed by atoms with Crippen molar-refractivity contribution >= 4 is 23.6 Å². The van der Waals surface area contributed by atoms with Crippen LogP contribution in [0.15, 0.2) is 48.5 Å². The first kappa shape index (κ1) is 19.1. The third kappa shape index (κ3) is 4.42. The van der Waals surface area contributed by atoms with Crippen molar-refractivity contribution in [2.75, 3.05) is 25.1 Å². The summed E-state index contributed by atoms with van der Waals surface area (Å²) in [5.41, 5.74) is 2.72. The number of fused-ring (bicyclic) bond motifs is 1. The van der Waals surface area contributed by atoms with Gasteiger partial charge in [-0.3, -0.25) is 9.59 Å². The van der Waals surface area contributed by atoms with Crippen molar-refractivity contribution in [2.24, 2.45) is 0 Å². The molecule has 0 spiro atoms. The van der Waals surface area contributed by atoms with Crippen LogP contribution in [0.25, 0.3) is 6.08 Å². The lowest BCUT2D eigenvalue weighted by Gasteiger charge is -2.26. The first-order valence-electron chi connectivity index (χ1n) is 9.86. The van der Waals surface area contributed by atoms with Crippen LogP contribution in [0.5, 0.6) is 11.5 Å². The fourth-order valence-electron chi connectivity index (χ4n) is 3.79. The molecule has 2 aliphatic heterocycles. The Bertz CT molecular complexity index is 936. The Balaban J connectivity index is 1.45. The predicted molar refractivity (Wildman–Crippen MR) is 111 cm³/mol. The fourth-order valence-corrected chi connectivity index (χ4v) is 3.79. The first-order chi connectivity index (χ1) is 14.1. The van der Waals surface area contributed by atoms with Crippen molar-refractivity contribution in [2.45, 2.75) is 25.8 Å². The largest absolute Gasteiger partial charge is 0.486 e. The van der Waals surface area contributed by atoms with Crippen molar-refractivity contribution in [3.63, 3.8) is 0 Å². The van der Waals surface area contributed by atoms with E-state index in [1.165, 1.54) is 6.92 Å². The molecule has 2 aromatic carbocycles. The zero-order chi connectivity index (χ0) is 20.2. The average molecular weight is 392 g/mol. The number of carbonyl (C=O) groups excluding carboxylic acids is 2. The van der Waals surface area contributed by atoms with Crippen LogP contribution in [0.3, 0.4) is 0 Å². The Morgan fingerprint density at radius 2 is 1.83 bits per heavy atom. The summed E-state index contributed by atoms with van der Waals surface area (Å²) >= 11 is 0. The molecule has 1 saturated heterocycles. The Morgan fingerprint density at radius 1 is 1.07 bits per heavy atom. The lowest BCUT2D eigenvalue weighted by atomic mass is 10.0. The molecule has 0 bridgehead atoms. The number of nitrogens with zero attached hydrogens (tertiary/aromatic N) is 1. The van der Waals surface area contributed by atoms with Crippen LogP contribution in [0, 0.1) is 0 Å². The van der Waals surface area contributed by atoms with Crippen LogP contribution < -0.4 is 14.8 Å². The molecule has 2 aromatic rings. The summed E-state index contributed by atoms with van der Waals surface area (Å²) in [6.07, 6.45) is 5.33. The van der Waals surface area contributed by atoms with Crippen molar-refractivity contribution in [1.29, 1.82) is 0 Å². The third-order valence-electron chi connectivity index (χ3n) is 5.14. The number of anilines is 1. The second kappa shape index (κ2) is 8.39. The second-order valence-corrected chi connectivity index (χ2v) is 7.23. The molecule has 0 aliphatic carbocycles. The number of nitrogens with one attached hydrogen (secondary N) is 1. The molecule has 4 rings (SSSR count). The predicted octanol–water partition coefficient (Wildman–Crippen LogP) is 3.79. The van der Waals surface area contributed by atoms with Crippen LogP contribution in [-0.4, -0.2) is 36.5 Å². The topological polar surface area (TPSA) is 67.9 Å². The maximum atomic E-state index is 12.8. The number of benzene rings is 2. The number of likely N-dealkylation sites (tertiary alicyclic amines) is 1. The number of carbonyl (C=O) groups is 2. The molecular weight excluding hydrogens is 368 g/mol. The maximum Gasteiger partial charge on any atom is 0.247 e. The normalized spacial score (nSPS) is 18.1. The van der Waals surface area contributed by atoms with Gasteiger partial charge in [-0.25, -0.2) is 0 Å². The molecule has 150 valence electrons. The highest BCUT2D eigenvalue weighted by atomic mass is 16.6. The van der Waals surface area contributed by atoms with Gasteiger partial charge in [-0.15, -0.1) is 0 Å². The molecule has 1 atom stereocenters. The Kier molecular flexibility index (Phi) is 5.51. The van der Waals surface area contributed by atoms with E-state index >= 15 is 0 Å². The third-order valence-corrected chi connectivity index (χ3v) is 5.14. The fraction of sp³-hybridized carbons (Fsp3) is 0.304. The average Bonchev–Trinajstić information content (AvgIpc) is 3.22. The summed E-state index contributed by atoms with van der Waals surface area (Å²) in [6.45, 7) is 3.33. The molecule has 0 aromatic heterocycles. The van der Waals surface area contributed by atoms with Crippen LogP contribution in [0.2, 0.25) is 0 Å². The highest BCUT2D eigenvalue weighted by molar-refractivity contribution is 5.92. The van der Waals surface area contributed by atoms with Gasteiger partial charge in [-0.2, -0.15) is 0 Å². The molecule has 1 N–H and O–H groups in total. The second-order valence-electron chi connectivity index (χ2n) is 7.23. The zero-order valence-electron chi connectivity index (χ0n) is 16.4. The summed E-state index contributed by atoms with van der Waals surface area (Å²) < 4.78 is 11.3. The summed E-state index contributed by atoms with van der Waals surface area (Å²) in [7, 11) is 0. The van der Waals surface area contributed by atoms with Crippen molar-refractivity contribution < 1.29 is 19.1 Å². The number of hydrogen-bond donors (Lipinski definition) is 1. The molecule has 1 unspecified atom stereocenters. The Labute approximate surface area is 170 Å². The van der Waals surface area contributed by atoms with E-state index in [1.54, 1.807) is 12.2 Å². The lowest BCUT2D eigenvalue weighted by Crippen LogP contribution is -2.29. The van der Waals surface area contributed by atoms with E-state index in [-0.39, 0.29) is 17.9 Å². The molecule has 29 heavy (non-hydrogen) atoms. The van der Waals surface area contributed by atoms with Gasteiger partial charge < -0.3 is 19.7 Å². The standard InChI is InChI=1S/C23H24N2O4/c1-16(26)24-19-8-4-17(5-9-19)6-11-23(27)25-12-2-3-20(25)18-7-10-21-22(15-18)29-14-13-28-21/h4-11,15,20H,2-3,12-14H2,1H3,(H,24,26)/b11-6+. The van der Waals surface area contributed by atoms with E-state index in [0.717, 1.165) is 47.7 Å². The molecule has 6 heteroatoms. The summed E-state index contributed by atoms with van der Waals surface area (Å²) in [5, 5.41) is 2.73. The number of ether oxygens (including phenoxy) is 2. The van der Waals surface area contributed by atoms with Gasteiger partial charge in [0.25, 0.3) is 0 Å². The van der Waals surface area contributed by atoms with Gasteiger partial charge in [-0.05, 0) is 54.3 Å². The van der Waals surface area contributed by atoms with Gasteiger partial charge >= 0.3 is 0 Å². The van der Waals surface area contributed by atoms with Gasteiger partial charge in [0.2, 0.25) is 11.8 Å². The van der Waals surface area contributed by atoms with Crippen LogP contribution in [0.1, 0.15) is 36.9 Å². The molecule has 2 heterocycles. The minimum atomic E-state index is -0.109. The quantitative estimate of drug-likeness (QED) is 0.804. The van der Waals surface area contributed by atoms with Crippen molar-refractivity contribution in [1.82, 2.24) is 4.90 Å². The summed E-state index contributed by atoms with van der Waals surface area (Å²) in [6, 6.07) is 13.4. The zero-order valence-corrected chi connectivity index (χ0v) is 16.4. The molecular formula is C23H24N2O4. The van der Waals surface area contributed by atoms with E-state index in [9.17, 15) is 9.59 Å². The monoisotopic (exact) mass is 392 g/mol. The van der Waals surface area contributed by atoms with Gasteiger partial charge in [-0.1, -0.05) is 18.2 Å². The minimum absolute atomic E-state index is 0.00618. The van der Waals surface area contributed by atoms with Crippen LogP contribution in [0.4, 0.5) is 5.69 Å². The van der Waals surface area contributed by atoms with Gasteiger partial charge in [0.1, 0.15) is 13.2 Å². The van der Waals surface area contributed by atoms with Gasteiger partial charge in [0.15, 0.2) is 11.5 Å². The molecule has 2 aliphatic rings. The molecule has 2 amide bonds. The highest BCUT2D eigenvalue weighted by Gasteiger charge is 2.29. The molecule has 1 fully saturated rings. The molecule has 6 nitrogen and oxygen atoms in total. The SMILES string of the molecule is CC(=O)Nc1ccc(/C=C/C(=O)N2CCCC2c2ccc3c(c2)OCCO3)cc1. The smallest absolute Gasteiger partial charge is 0.247 e.